The van der Waals surface area contributed by atoms with Gasteiger partial charge in [-0.3, -0.25) is 0 Å². The molecule has 0 aliphatic rings. The summed E-state index contributed by atoms with van der Waals surface area (Å²) in [5.74, 6) is 0. The highest BCUT2D eigenvalue weighted by Gasteiger charge is 2.06. The van der Waals surface area contributed by atoms with E-state index in [0.717, 1.165) is 17.5 Å². The van der Waals surface area contributed by atoms with Crippen LogP contribution < -0.4 is 5.73 Å². The number of H-pyrrole nitrogens is 1. The van der Waals surface area contributed by atoms with Crippen molar-refractivity contribution in [3.63, 3.8) is 0 Å². The number of nitrogens with one attached hydrogen (secondary N) is 1. The van der Waals surface area contributed by atoms with Gasteiger partial charge in [0.2, 0.25) is 0 Å². The predicted molar refractivity (Wildman–Crippen MR) is 64.7 cm³/mol. The lowest BCUT2D eigenvalue weighted by Gasteiger charge is -2.11. The molecule has 15 heavy (non-hydrogen) atoms. The van der Waals surface area contributed by atoms with Crippen molar-refractivity contribution in [2.24, 2.45) is 5.73 Å². The third-order valence-corrected chi connectivity index (χ3v) is 2.57. The van der Waals surface area contributed by atoms with Gasteiger partial charge < -0.3 is 10.7 Å². The molecule has 2 heteroatoms. The maximum Gasteiger partial charge on any atom is 0.0454 e. The highest BCUT2D eigenvalue weighted by molar-refractivity contribution is 5.80. The van der Waals surface area contributed by atoms with Crippen LogP contribution in [-0.2, 0) is 0 Å². The summed E-state index contributed by atoms with van der Waals surface area (Å²) >= 11 is 0. The summed E-state index contributed by atoms with van der Waals surface area (Å²) in [7, 11) is 0. The van der Waals surface area contributed by atoms with E-state index in [1.165, 1.54) is 10.9 Å². The molecule has 2 nitrogen and oxygen atoms in total. The van der Waals surface area contributed by atoms with Crippen LogP contribution in [0.2, 0.25) is 0 Å². The number of hydrogen-bond donors (Lipinski definition) is 2. The Labute approximate surface area is 89.8 Å². The molecule has 2 rings (SSSR count). The van der Waals surface area contributed by atoms with Crippen molar-refractivity contribution in [1.29, 1.82) is 0 Å². The van der Waals surface area contributed by atoms with Gasteiger partial charge in [-0.15, -0.1) is 6.58 Å². The molecule has 0 fully saturated rings. The van der Waals surface area contributed by atoms with Gasteiger partial charge in [-0.25, -0.2) is 0 Å². The van der Waals surface area contributed by atoms with E-state index in [9.17, 15) is 0 Å². The molecule has 0 saturated heterocycles. The fourth-order valence-corrected chi connectivity index (χ4v) is 1.80. The normalized spacial score (nSPS) is 12.9. The molecule has 1 atom stereocenters. The first-order chi connectivity index (χ1) is 7.16. The lowest BCUT2D eigenvalue weighted by molar-refractivity contribution is 0.718. The third kappa shape index (κ3) is 2.10. The van der Waals surface area contributed by atoms with Crippen LogP contribution in [0.25, 0.3) is 10.9 Å². The zero-order chi connectivity index (χ0) is 10.8. The Bertz CT molecular complexity index is 482. The van der Waals surface area contributed by atoms with E-state index in [1.807, 2.05) is 13.1 Å². The Hall–Kier alpha value is -1.54. The van der Waals surface area contributed by atoms with Crippen molar-refractivity contribution in [3.8, 4) is 0 Å². The molecule has 0 aliphatic carbocycles. The molecule has 78 valence electrons. The minimum absolute atomic E-state index is 0.0572. The van der Waals surface area contributed by atoms with Gasteiger partial charge in [-0.2, -0.15) is 0 Å². The summed E-state index contributed by atoms with van der Waals surface area (Å²) in [6, 6.07) is 8.41. The Balaban J connectivity index is 2.30. The highest BCUT2D eigenvalue weighted by Crippen LogP contribution is 2.21. The molecule has 1 aromatic heterocycles. The molecule has 0 spiro atoms. The van der Waals surface area contributed by atoms with E-state index in [4.69, 9.17) is 5.73 Å². The van der Waals surface area contributed by atoms with Crippen molar-refractivity contribution < 1.29 is 0 Å². The van der Waals surface area contributed by atoms with Crippen molar-refractivity contribution >= 4 is 10.9 Å². The van der Waals surface area contributed by atoms with Crippen LogP contribution in [0.4, 0.5) is 0 Å². The van der Waals surface area contributed by atoms with Gasteiger partial charge in [-0.05, 0) is 42.5 Å². The van der Waals surface area contributed by atoms with Crippen LogP contribution in [0.1, 0.15) is 24.9 Å². The van der Waals surface area contributed by atoms with Crippen LogP contribution in [-0.4, -0.2) is 4.98 Å². The fourth-order valence-electron chi connectivity index (χ4n) is 1.80. The number of rotatable bonds is 3. The standard InChI is InChI=1S/C13H16N2/c1-9(2)7-12(14)10-3-4-13-11(8-10)5-6-15-13/h3-6,8,12,15H,1,7,14H2,2H3/t12-/m1/s1. The Morgan fingerprint density at radius 3 is 3.00 bits per heavy atom. The molecule has 3 N–H and O–H groups in total. The SMILES string of the molecule is C=C(C)C[C@@H](N)c1ccc2[nH]ccc2c1. The predicted octanol–water partition coefficient (Wildman–Crippen LogP) is 3.13. The molecule has 0 radical (unpaired) electrons. The molecular weight excluding hydrogens is 184 g/mol. The minimum atomic E-state index is 0.0572. The van der Waals surface area contributed by atoms with E-state index >= 15 is 0 Å². The van der Waals surface area contributed by atoms with Crippen LogP contribution in [0.15, 0.2) is 42.6 Å². The van der Waals surface area contributed by atoms with Gasteiger partial charge >= 0.3 is 0 Å². The van der Waals surface area contributed by atoms with E-state index in [-0.39, 0.29) is 6.04 Å². The van der Waals surface area contributed by atoms with Gasteiger partial charge in [0.15, 0.2) is 0 Å². The number of aromatic nitrogens is 1. The maximum absolute atomic E-state index is 6.08. The van der Waals surface area contributed by atoms with Crippen molar-refractivity contribution in [3.05, 3.63) is 48.2 Å². The number of aromatic amines is 1. The summed E-state index contributed by atoms with van der Waals surface area (Å²) in [6.07, 6.45) is 2.79. The first-order valence-electron chi connectivity index (χ1n) is 5.14. The highest BCUT2D eigenvalue weighted by atomic mass is 14.7. The third-order valence-electron chi connectivity index (χ3n) is 2.57. The average molecular weight is 200 g/mol. The fraction of sp³-hybridized carbons (Fsp3) is 0.231. The number of nitrogens with two attached hydrogens (primary N) is 1. The van der Waals surface area contributed by atoms with Crippen LogP contribution in [0.5, 0.6) is 0 Å². The first-order valence-corrected chi connectivity index (χ1v) is 5.14. The molecular formula is C13H16N2. The number of benzene rings is 1. The molecule has 1 aromatic carbocycles. The van der Waals surface area contributed by atoms with E-state index in [2.05, 4.69) is 35.8 Å². The van der Waals surface area contributed by atoms with Gasteiger partial charge in [0.1, 0.15) is 0 Å². The Morgan fingerprint density at radius 2 is 2.27 bits per heavy atom. The first kappa shape index (κ1) is 9.99. The molecule has 2 aromatic rings. The molecule has 1 heterocycles. The minimum Gasteiger partial charge on any atom is -0.361 e. The summed E-state index contributed by atoms with van der Waals surface area (Å²) in [5, 5.41) is 1.21. The molecule has 0 saturated carbocycles. The number of hydrogen-bond acceptors (Lipinski definition) is 1. The van der Waals surface area contributed by atoms with Gasteiger partial charge in [0.05, 0.1) is 0 Å². The molecule has 0 bridgehead atoms. The second-order valence-corrected chi connectivity index (χ2v) is 4.09. The van der Waals surface area contributed by atoms with Crippen LogP contribution in [0.3, 0.4) is 0 Å². The summed E-state index contributed by atoms with van der Waals surface area (Å²) in [4.78, 5) is 3.17. The lowest BCUT2D eigenvalue weighted by atomic mass is 10.0. The smallest absolute Gasteiger partial charge is 0.0454 e. The van der Waals surface area contributed by atoms with Crippen molar-refractivity contribution in [2.75, 3.05) is 0 Å². The Morgan fingerprint density at radius 1 is 1.47 bits per heavy atom. The zero-order valence-corrected chi connectivity index (χ0v) is 8.96. The van der Waals surface area contributed by atoms with Gasteiger partial charge in [0.25, 0.3) is 0 Å². The largest absolute Gasteiger partial charge is 0.361 e. The monoisotopic (exact) mass is 200 g/mol. The molecule has 0 amide bonds. The molecule has 0 unspecified atom stereocenters. The number of fused-ring (bicyclic) bond motifs is 1. The zero-order valence-electron chi connectivity index (χ0n) is 8.96. The van der Waals surface area contributed by atoms with E-state index in [1.54, 1.807) is 0 Å². The summed E-state index contributed by atoms with van der Waals surface area (Å²) in [5.41, 5.74) is 9.53. The molecule has 0 aliphatic heterocycles. The Kier molecular flexibility index (Phi) is 2.60. The summed E-state index contributed by atoms with van der Waals surface area (Å²) < 4.78 is 0. The van der Waals surface area contributed by atoms with E-state index < -0.39 is 0 Å². The van der Waals surface area contributed by atoms with Gasteiger partial charge in [-0.1, -0.05) is 11.6 Å². The van der Waals surface area contributed by atoms with Crippen molar-refractivity contribution in [1.82, 2.24) is 4.98 Å². The average Bonchev–Trinajstić information content (AvgIpc) is 2.62. The topological polar surface area (TPSA) is 41.8 Å². The van der Waals surface area contributed by atoms with Crippen LogP contribution >= 0.6 is 0 Å². The quantitative estimate of drug-likeness (QED) is 0.734. The second-order valence-electron chi connectivity index (χ2n) is 4.09. The summed E-state index contributed by atoms with van der Waals surface area (Å²) in [6.45, 7) is 5.90. The maximum atomic E-state index is 6.08. The van der Waals surface area contributed by atoms with Gasteiger partial charge in [0, 0.05) is 17.8 Å². The lowest BCUT2D eigenvalue weighted by Crippen LogP contribution is -2.10. The van der Waals surface area contributed by atoms with Crippen LogP contribution in [0, 0.1) is 0 Å². The second kappa shape index (κ2) is 3.91. The van der Waals surface area contributed by atoms with Crippen molar-refractivity contribution in [2.45, 2.75) is 19.4 Å². The van der Waals surface area contributed by atoms with E-state index in [0.29, 0.717) is 0 Å².